The van der Waals surface area contributed by atoms with Gasteiger partial charge in [0.15, 0.2) is 0 Å². The molecule has 0 spiro atoms. The summed E-state index contributed by atoms with van der Waals surface area (Å²) in [6.07, 6.45) is -0.178. The van der Waals surface area contributed by atoms with Gasteiger partial charge in [-0.25, -0.2) is 4.68 Å². The third-order valence-corrected chi connectivity index (χ3v) is 4.86. The zero-order valence-corrected chi connectivity index (χ0v) is 16.0. The van der Waals surface area contributed by atoms with Gasteiger partial charge in [-0.15, -0.1) is 5.10 Å². The fraction of sp³-hybridized carbons (Fsp3) is 0.0526. The summed E-state index contributed by atoms with van der Waals surface area (Å²) in [5, 5.41) is 12.9. The molecule has 1 aromatic heterocycles. The first kappa shape index (κ1) is 16.4. The lowest BCUT2D eigenvalue weighted by atomic mass is 10.1. The Kier molecular flexibility index (Phi) is 4.59. The zero-order chi connectivity index (χ0) is 17.2. The highest BCUT2D eigenvalue weighted by atomic mass is 127. The van der Waals surface area contributed by atoms with Crippen molar-refractivity contribution < 1.29 is 0 Å². The second-order valence-electron chi connectivity index (χ2n) is 5.63. The minimum absolute atomic E-state index is 0.178. The van der Waals surface area contributed by atoms with Crippen molar-refractivity contribution in [1.29, 1.82) is 0 Å². The molecule has 6 heteroatoms. The van der Waals surface area contributed by atoms with Gasteiger partial charge in [0.2, 0.25) is 0 Å². The van der Waals surface area contributed by atoms with E-state index in [2.05, 4.69) is 56.4 Å². The topological polar surface area (TPSA) is 42.7 Å². The van der Waals surface area contributed by atoms with Crippen LogP contribution >= 0.6 is 34.2 Å². The molecule has 4 nitrogen and oxygen atoms in total. The van der Waals surface area contributed by atoms with Gasteiger partial charge in [-0.1, -0.05) is 41.1 Å². The van der Waals surface area contributed by atoms with Crippen molar-refractivity contribution in [2.45, 2.75) is 6.17 Å². The molecular formula is C19H14ClIN4. The van der Waals surface area contributed by atoms with Gasteiger partial charge in [0.1, 0.15) is 11.7 Å². The van der Waals surface area contributed by atoms with E-state index in [4.69, 9.17) is 11.6 Å². The molecule has 0 bridgehead atoms. The lowest BCUT2D eigenvalue weighted by Crippen LogP contribution is -2.21. The summed E-state index contributed by atoms with van der Waals surface area (Å²) >= 11 is 8.33. The van der Waals surface area contributed by atoms with Crippen molar-refractivity contribution in [1.82, 2.24) is 15.0 Å². The van der Waals surface area contributed by atoms with Gasteiger partial charge in [0.25, 0.3) is 0 Å². The molecule has 25 heavy (non-hydrogen) atoms. The summed E-state index contributed by atoms with van der Waals surface area (Å²) < 4.78 is 3.08. The Morgan fingerprint density at radius 1 is 0.960 bits per heavy atom. The van der Waals surface area contributed by atoms with E-state index in [1.165, 1.54) is 3.57 Å². The van der Waals surface area contributed by atoms with E-state index in [1.54, 1.807) is 0 Å². The van der Waals surface area contributed by atoms with Gasteiger partial charge < -0.3 is 5.32 Å². The fourth-order valence-corrected chi connectivity index (χ4v) is 3.44. The highest BCUT2D eigenvalue weighted by Gasteiger charge is 2.18. The second kappa shape index (κ2) is 7.01. The molecule has 1 heterocycles. The monoisotopic (exact) mass is 460 g/mol. The number of benzene rings is 3. The van der Waals surface area contributed by atoms with Gasteiger partial charge in [0, 0.05) is 14.3 Å². The first-order valence-corrected chi connectivity index (χ1v) is 9.24. The van der Waals surface area contributed by atoms with Gasteiger partial charge in [-0.05, 0) is 76.7 Å². The highest BCUT2D eigenvalue weighted by Crippen LogP contribution is 2.26. The third kappa shape index (κ3) is 3.48. The van der Waals surface area contributed by atoms with Crippen LogP contribution in [0.3, 0.4) is 0 Å². The molecule has 0 unspecified atom stereocenters. The van der Waals surface area contributed by atoms with Gasteiger partial charge in [-0.3, -0.25) is 0 Å². The molecule has 3 aromatic carbocycles. The summed E-state index contributed by atoms with van der Waals surface area (Å²) in [7, 11) is 0. The molecular weight excluding hydrogens is 447 g/mol. The summed E-state index contributed by atoms with van der Waals surface area (Å²) in [5.74, 6) is 0. The smallest absolute Gasteiger partial charge is 0.149 e. The summed E-state index contributed by atoms with van der Waals surface area (Å²) in [4.78, 5) is 0. The zero-order valence-electron chi connectivity index (χ0n) is 13.1. The third-order valence-electron chi connectivity index (χ3n) is 3.93. The second-order valence-corrected chi connectivity index (χ2v) is 7.31. The number of hydrogen-bond acceptors (Lipinski definition) is 3. The van der Waals surface area contributed by atoms with Crippen molar-refractivity contribution in [3.63, 3.8) is 0 Å². The fourth-order valence-electron chi connectivity index (χ4n) is 2.74. The van der Waals surface area contributed by atoms with Crippen LogP contribution < -0.4 is 5.32 Å². The molecule has 124 valence electrons. The SMILES string of the molecule is Clc1ccc(N[C@@H](c2cccc(I)c2)n2nnc3ccccc32)cc1. The van der Waals surface area contributed by atoms with Crippen LogP contribution in [0.4, 0.5) is 5.69 Å². The maximum atomic E-state index is 6.01. The number of halogens is 2. The largest absolute Gasteiger partial charge is 0.360 e. The molecule has 0 fully saturated rings. The van der Waals surface area contributed by atoms with Crippen molar-refractivity contribution in [3.05, 3.63) is 87.0 Å². The van der Waals surface area contributed by atoms with E-state index in [-0.39, 0.29) is 6.17 Å². The molecule has 0 saturated heterocycles. The highest BCUT2D eigenvalue weighted by molar-refractivity contribution is 14.1. The Hall–Kier alpha value is -2.12. The van der Waals surface area contributed by atoms with Crippen LogP contribution in [0, 0.1) is 3.57 Å². The van der Waals surface area contributed by atoms with Crippen molar-refractivity contribution >= 4 is 50.9 Å². The van der Waals surface area contributed by atoms with Crippen LogP contribution in [0.25, 0.3) is 11.0 Å². The minimum Gasteiger partial charge on any atom is -0.360 e. The van der Waals surface area contributed by atoms with Crippen molar-refractivity contribution in [2.24, 2.45) is 0 Å². The number of anilines is 1. The number of nitrogens with zero attached hydrogens (tertiary/aromatic N) is 3. The van der Waals surface area contributed by atoms with Crippen LogP contribution in [-0.4, -0.2) is 15.0 Å². The first-order valence-electron chi connectivity index (χ1n) is 7.78. The predicted molar refractivity (Wildman–Crippen MR) is 110 cm³/mol. The lowest BCUT2D eigenvalue weighted by Gasteiger charge is -2.21. The molecule has 4 aromatic rings. The molecule has 0 saturated carbocycles. The molecule has 0 radical (unpaired) electrons. The molecule has 0 aliphatic heterocycles. The van der Waals surface area contributed by atoms with E-state index in [0.717, 1.165) is 22.3 Å². The van der Waals surface area contributed by atoms with Crippen LogP contribution in [0.5, 0.6) is 0 Å². The Bertz CT molecular complexity index is 1010. The first-order chi connectivity index (χ1) is 12.2. The number of aromatic nitrogens is 3. The Labute approximate surface area is 164 Å². The van der Waals surface area contributed by atoms with Crippen LogP contribution in [0.1, 0.15) is 11.7 Å². The molecule has 1 N–H and O–H groups in total. The molecule has 0 aliphatic carbocycles. The van der Waals surface area contributed by atoms with E-state index in [9.17, 15) is 0 Å². The van der Waals surface area contributed by atoms with Crippen LogP contribution in [-0.2, 0) is 0 Å². The average Bonchev–Trinajstić information content (AvgIpc) is 3.05. The quantitative estimate of drug-likeness (QED) is 0.418. The number of hydrogen-bond donors (Lipinski definition) is 1. The van der Waals surface area contributed by atoms with Crippen molar-refractivity contribution in [2.75, 3.05) is 5.32 Å². The maximum Gasteiger partial charge on any atom is 0.149 e. The Balaban J connectivity index is 1.82. The molecule has 0 amide bonds. The number of rotatable bonds is 4. The summed E-state index contributed by atoms with van der Waals surface area (Å²) in [5.41, 5.74) is 3.93. The number of fused-ring (bicyclic) bond motifs is 1. The van der Waals surface area contributed by atoms with E-state index < -0.39 is 0 Å². The van der Waals surface area contributed by atoms with E-state index >= 15 is 0 Å². The Morgan fingerprint density at radius 3 is 2.56 bits per heavy atom. The van der Waals surface area contributed by atoms with Crippen molar-refractivity contribution in [3.8, 4) is 0 Å². The van der Waals surface area contributed by atoms with E-state index in [1.807, 2.05) is 59.3 Å². The normalized spacial score (nSPS) is 12.2. The maximum absolute atomic E-state index is 6.01. The molecule has 4 rings (SSSR count). The molecule has 0 aliphatic rings. The lowest BCUT2D eigenvalue weighted by molar-refractivity contribution is 0.571. The minimum atomic E-state index is -0.178. The average molecular weight is 461 g/mol. The van der Waals surface area contributed by atoms with Crippen LogP contribution in [0.15, 0.2) is 72.8 Å². The van der Waals surface area contributed by atoms with E-state index in [0.29, 0.717) is 5.02 Å². The predicted octanol–water partition coefficient (Wildman–Crippen LogP) is 5.35. The standard InChI is InChI=1S/C19H14ClIN4/c20-14-8-10-16(11-9-14)22-19(13-4-3-5-15(21)12-13)25-18-7-2-1-6-17(18)23-24-25/h1-12,19,22H/t19-/m1/s1. The van der Waals surface area contributed by atoms with Crippen LogP contribution in [0.2, 0.25) is 5.02 Å². The molecule has 1 atom stereocenters. The Morgan fingerprint density at radius 2 is 1.76 bits per heavy atom. The van der Waals surface area contributed by atoms with Gasteiger partial charge in [-0.2, -0.15) is 0 Å². The summed E-state index contributed by atoms with van der Waals surface area (Å²) in [6.45, 7) is 0. The number of nitrogens with one attached hydrogen (secondary N) is 1. The van der Waals surface area contributed by atoms with Gasteiger partial charge in [0.05, 0.1) is 5.52 Å². The van der Waals surface area contributed by atoms with Gasteiger partial charge >= 0.3 is 0 Å². The number of para-hydroxylation sites is 1. The summed E-state index contributed by atoms with van der Waals surface area (Å²) in [6, 6.07) is 24.0.